The van der Waals surface area contributed by atoms with E-state index in [-0.39, 0.29) is 11.3 Å². The Balaban J connectivity index is 2.40. The molecular weight excluding hydrogens is 299 g/mol. The van der Waals surface area contributed by atoms with Crippen molar-refractivity contribution in [2.75, 3.05) is 0 Å². The van der Waals surface area contributed by atoms with E-state index in [2.05, 4.69) is 4.74 Å². The van der Waals surface area contributed by atoms with Gasteiger partial charge in [-0.15, -0.1) is 0 Å². The molecule has 0 bridgehead atoms. The normalized spacial score (nSPS) is 10.5. The molecule has 0 radical (unpaired) electrons. The first kappa shape index (κ1) is 14.8. The lowest BCUT2D eigenvalue weighted by Crippen LogP contribution is -2.13. The molecule has 3 nitrogen and oxygen atoms in total. The van der Waals surface area contributed by atoms with E-state index in [9.17, 15) is 26.7 Å². The third-order valence-electron chi connectivity index (χ3n) is 2.47. The van der Waals surface area contributed by atoms with E-state index in [1.807, 2.05) is 0 Å². The quantitative estimate of drug-likeness (QED) is 0.304. The maximum Gasteiger partial charge on any atom is 0.343 e. The molecule has 0 aliphatic carbocycles. The predicted octanol–water partition coefficient (Wildman–Crippen LogP) is 3.31. The van der Waals surface area contributed by atoms with Crippen LogP contribution in [0.5, 0.6) is 11.5 Å². The van der Waals surface area contributed by atoms with E-state index in [1.165, 1.54) is 0 Å². The first-order valence-electron chi connectivity index (χ1n) is 5.35. The third kappa shape index (κ3) is 2.64. The standard InChI is InChI=1S/C13H5F5O3/c14-7-8(15)10(17)12(11(18)9(7)16)21-13(20)5-1-3-6(19)4-2-5/h1-4,19H. The van der Waals surface area contributed by atoms with Crippen molar-refractivity contribution in [1.29, 1.82) is 0 Å². The van der Waals surface area contributed by atoms with Crippen molar-refractivity contribution >= 4 is 5.97 Å². The van der Waals surface area contributed by atoms with Gasteiger partial charge < -0.3 is 9.84 Å². The number of carbonyl (C=O) groups excluding carboxylic acids is 1. The number of phenols is 1. The van der Waals surface area contributed by atoms with Gasteiger partial charge in [-0.3, -0.25) is 0 Å². The molecule has 0 atom stereocenters. The van der Waals surface area contributed by atoms with Crippen LogP contribution < -0.4 is 4.74 Å². The molecule has 0 aliphatic rings. The highest BCUT2D eigenvalue weighted by Crippen LogP contribution is 2.29. The number of ether oxygens (including phenoxy) is 1. The topological polar surface area (TPSA) is 46.5 Å². The molecule has 1 N–H and O–H groups in total. The Morgan fingerprint density at radius 3 is 1.71 bits per heavy atom. The number of esters is 1. The van der Waals surface area contributed by atoms with Gasteiger partial charge in [-0.1, -0.05) is 0 Å². The van der Waals surface area contributed by atoms with Gasteiger partial charge >= 0.3 is 5.97 Å². The van der Waals surface area contributed by atoms with Gasteiger partial charge in [0.15, 0.2) is 0 Å². The fourth-order valence-electron chi connectivity index (χ4n) is 1.42. The van der Waals surface area contributed by atoms with Crippen LogP contribution in [0.15, 0.2) is 24.3 Å². The molecule has 0 amide bonds. The largest absolute Gasteiger partial charge is 0.508 e. The molecule has 21 heavy (non-hydrogen) atoms. The molecular formula is C13H5F5O3. The molecule has 2 aromatic rings. The molecule has 0 spiro atoms. The van der Waals surface area contributed by atoms with Crippen LogP contribution in [0.4, 0.5) is 22.0 Å². The monoisotopic (exact) mass is 304 g/mol. The van der Waals surface area contributed by atoms with Gasteiger partial charge in [-0.05, 0) is 24.3 Å². The molecule has 2 aromatic carbocycles. The summed E-state index contributed by atoms with van der Waals surface area (Å²) in [5.41, 5.74) is -0.253. The van der Waals surface area contributed by atoms with Gasteiger partial charge in [-0.25, -0.2) is 18.0 Å². The lowest BCUT2D eigenvalue weighted by Gasteiger charge is -2.08. The summed E-state index contributed by atoms with van der Waals surface area (Å²) in [7, 11) is 0. The first-order valence-corrected chi connectivity index (χ1v) is 5.35. The minimum absolute atomic E-state index is 0.192. The van der Waals surface area contributed by atoms with Crippen molar-refractivity contribution in [3.05, 3.63) is 58.9 Å². The van der Waals surface area contributed by atoms with Gasteiger partial charge in [-0.2, -0.15) is 8.78 Å². The average Bonchev–Trinajstić information content (AvgIpc) is 2.48. The fraction of sp³-hybridized carbons (Fsp3) is 0. The summed E-state index contributed by atoms with van der Waals surface area (Å²) in [6.45, 7) is 0. The second kappa shape index (κ2) is 5.39. The smallest absolute Gasteiger partial charge is 0.343 e. The number of halogens is 5. The third-order valence-corrected chi connectivity index (χ3v) is 2.47. The highest BCUT2D eigenvalue weighted by molar-refractivity contribution is 5.91. The van der Waals surface area contributed by atoms with Crippen LogP contribution in [0.3, 0.4) is 0 Å². The van der Waals surface area contributed by atoms with E-state index >= 15 is 0 Å². The van der Waals surface area contributed by atoms with Crippen LogP contribution in [0.25, 0.3) is 0 Å². The minimum Gasteiger partial charge on any atom is -0.508 e. The first-order chi connectivity index (χ1) is 9.82. The van der Waals surface area contributed by atoms with E-state index in [0.717, 1.165) is 24.3 Å². The van der Waals surface area contributed by atoms with Gasteiger partial charge in [0.1, 0.15) is 5.75 Å². The second-order valence-electron chi connectivity index (χ2n) is 3.84. The number of hydrogen-bond acceptors (Lipinski definition) is 3. The second-order valence-corrected chi connectivity index (χ2v) is 3.84. The Hall–Kier alpha value is -2.64. The summed E-state index contributed by atoms with van der Waals surface area (Å²) in [6, 6.07) is 4.25. The fourth-order valence-corrected chi connectivity index (χ4v) is 1.42. The van der Waals surface area contributed by atoms with E-state index in [0.29, 0.717) is 0 Å². The molecule has 0 aliphatic heterocycles. The summed E-state index contributed by atoms with van der Waals surface area (Å²) < 4.78 is 69.5. The highest BCUT2D eigenvalue weighted by atomic mass is 19.2. The Bertz CT molecular complexity index is 684. The van der Waals surface area contributed by atoms with Crippen molar-refractivity contribution in [1.82, 2.24) is 0 Å². The Kier molecular flexibility index (Phi) is 3.79. The van der Waals surface area contributed by atoms with Crippen molar-refractivity contribution in [3.63, 3.8) is 0 Å². The van der Waals surface area contributed by atoms with Crippen LogP contribution in [0, 0.1) is 29.1 Å². The zero-order chi connectivity index (χ0) is 15.7. The van der Waals surface area contributed by atoms with Crippen LogP contribution in [-0.2, 0) is 0 Å². The molecule has 0 aromatic heterocycles. The van der Waals surface area contributed by atoms with Crippen LogP contribution in [-0.4, -0.2) is 11.1 Å². The predicted molar refractivity (Wildman–Crippen MR) is 59.3 cm³/mol. The number of benzene rings is 2. The summed E-state index contributed by atoms with van der Waals surface area (Å²) in [4.78, 5) is 11.6. The van der Waals surface area contributed by atoms with Crippen molar-refractivity contribution < 1.29 is 36.6 Å². The molecule has 0 fully saturated rings. The maximum absolute atomic E-state index is 13.3. The highest BCUT2D eigenvalue weighted by Gasteiger charge is 2.28. The van der Waals surface area contributed by atoms with Crippen LogP contribution in [0.2, 0.25) is 0 Å². The van der Waals surface area contributed by atoms with Crippen molar-refractivity contribution in [2.24, 2.45) is 0 Å². The molecule has 0 saturated carbocycles. The molecule has 110 valence electrons. The summed E-state index contributed by atoms with van der Waals surface area (Å²) in [5.74, 6) is -14.5. The average molecular weight is 304 g/mol. The molecule has 0 unspecified atom stereocenters. The summed E-state index contributed by atoms with van der Waals surface area (Å²) in [5, 5.41) is 9.01. The lowest BCUT2D eigenvalue weighted by molar-refractivity contribution is 0.0716. The Morgan fingerprint density at radius 2 is 1.24 bits per heavy atom. The number of aromatic hydroxyl groups is 1. The molecule has 2 rings (SSSR count). The van der Waals surface area contributed by atoms with E-state index in [1.54, 1.807) is 0 Å². The van der Waals surface area contributed by atoms with Crippen molar-refractivity contribution in [3.8, 4) is 11.5 Å². The van der Waals surface area contributed by atoms with Gasteiger partial charge in [0.25, 0.3) is 0 Å². The maximum atomic E-state index is 13.3. The number of hydrogen-bond donors (Lipinski definition) is 1. The lowest BCUT2D eigenvalue weighted by atomic mass is 10.2. The zero-order valence-corrected chi connectivity index (χ0v) is 9.96. The molecule has 0 heterocycles. The molecule has 8 heteroatoms. The van der Waals surface area contributed by atoms with Gasteiger partial charge in [0.05, 0.1) is 5.56 Å². The molecule has 0 saturated heterocycles. The Morgan fingerprint density at radius 1 is 0.810 bits per heavy atom. The Labute approximate surface area is 114 Å². The number of carbonyl (C=O) groups is 1. The van der Waals surface area contributed by atoms with E-state index < -0.39 is 40.8 Å². The number of phenolic OH excluding ortho intramolecular Hbond substituents is 1. The minimum atomic E-state index is -2.35. The van der Waals surface area contributed by atoms with Crippen LogP contribution >= 0.6 is 0 Å². The summed E-state index contributed by atoms with van der Waals surface area (Å²) >= 11 is 0. The number of rotatable bonds is 2. The van der Waals surface area contributed by atoms with Crippen molar-refractivity contribution in [2.45, 2.75) is 0 Å². The SMILES string of the molecule is O=C(Oc1c(F)c(F)c(F)c(F)c1F)c1ccc(O)cc1. The van der Waals surface area contributed by atoms with Gasteiger partial charge in [0, 0.05) is 0 Å². The summed E-state index contributed by atoms with van der Waals surface area (Å²) in [6.07, 6.45) is 0. The zero-order valence-electron chi connectivity index (χ0n) is 9.96. The van der Waals surface area contributed by atoms with Gasteiger partial charge in [0.2, 0.25) is 34.8 Å². The van der Waals surface area contributed by atoms with E-state index in [4.69, 9.17) is 5.11 Å². The van der Waals surface area contributed by atoms with Crippen LogP contribution in [0.1, 0.15) is 10.4 Å².